The molecule has 0 aromatic carbocycles. The molecule has 0 saturated heterocycles. The molecule has 0 aromatic heterocycles. The van der Waals surface area contributed by atoms with Crippen LogP contribution in [0.25, 0.3) is 0 Å². The van der Waals surface area contributed by atoms with Crippen LogP contribution in [0.5, 0.6) is 0 Å². The number of carbonyl (C=O) groups is 2. The Balaban J connectivity index is 2.14. The van der Waals surface area contributed by atoms with Gasteiger partial charge in [-0.2, -0.15) is 11.8 Å². The SMILES string of the molecule is CC(C)CCSCC(=O)NC1(C(=O)O)CC1. The van der Waals surface area contributed by atoms with Gasteiger partial charge in [0.05, 0.1) is 5.75 Å². The highest BCUT2D eigenvalue weighted by Crippen LogP contribution is 2.35. The third kappa shape index (κ3) is 4.04. The molecule has 0 aromatic rings. The van der Waals surface area contributed by atoms with E-state index in [0.29, 0.717) is 24.5 Å². The Morgan fingerprint density at radius 2 is 2.06 bits per heavy atom. The second-order valence-electron chi connectivity index (χ2n) is 4.67. The molecular weight excluding hydrogens is 226 g/mol. The zero-order valence-corrected chi connectivity index (χ0v) is 10.6. The highest BCUT2D eigenvalue weighted by molar-refractivity contribution is 7.99. The maximum absolute atomic E-state index is 11.5. The molecule has 92 valence electrons. The smallest absolute Gasteiger partial charge is 0.329 e. The molecule has 0 heterocycles. The van der Waals surface area contributed by atoms with E-state index in [9.17, 15) is 9.59 Å². The number of thioether (sulfide) groups is 1. The van der Waals surface area contributed by atoms with E-state index in [-0.39, 0.29) is 5.91 Å². The van der Waals surface area contributed by atoms with Crippen LogP contribution in [0.4, 0.5) is 0 Å². The number of hydrogen-bond donors (Lipinski definition) is 2. The molecule has 1 aliphatic rings. The van der Waals surface area contributed by atoms with Gasteiger partial charge in [0, 0.05) is 0 Å². The van der Waals surface area contributed by atoms with Crippen molar-refractivity contribution in [2.45, 2.75) is 38.6 Å². The third-order valence-corrected chi connectivity index (χ3v) is 3.60. The van der Waals surface area contributed by atoms with Crippen LogP contribution in [0.1, 0.15) is 33.1 Å². The van der Waals surface area contributed by atoms with Crippen LogP contribution >= 0.6 is 11.8 Å². The average molecular weight is 245 g/mol. The van der Waals surface area contributed by atoms with E-state index in [1.165, 1.54) is 0 Å². The van der Waals surface area contributed by atoms with Gasteiger partial charge in [-0.1, -0.05) is 13.8 Å². The van der Waals surface area contributed by atoms with Crippen molar-refractivity contribution in [1.82, 2.24) is 5.32 Å². The van der Waals surface area contributed by atoms with Crippen LogP contribution in [-0.4, -0.2) is 34.0 Å². The quantitative estimate of drug-likeness (QED) is 0.667. The zero-order chi connectivity index (χ0) is 12.2. The van der Waals surface area contributed by atoms with Gasteiger partial charge in [0.25, 0.3) is 0 Å². The fourth-order valence-electron chi connectivity index (χ4n) is 1.30. The predicted molar refractivity (Wildman–Crippen MR) is 64.5 cm³/mol. The minimum atomic E-state index is -0.935. The molecule has 16 heavy (non-hydrogen) atoms. The molecule has 0 bridgehead atoms. The van der Waals surface area contributed by atoms with E-state index in [0.717, 1.165) is 12.2 Å². The Morgan fingerprint density at radius 3 is 2.50 bits per heavy atom. The van der Waals surface area contributed by atoms with Crippen molar-refractivity contribution >= 4 is 23.6 Å². The Labute approximate surface area is 100 Å². The lowest BCUT2D eigenvalue weighted by molar-refractivity contribution is -0.142. The van der Waals surface area contributed by atoms with Crippen molar-refractivity contribution in [3.8, 4) is 0 Å². The first-order valence-electron chi connectivity index (χ1n) is 5.58. The summed E-state index contributed by atoms with van der Waals surface area (Å²) in [6.45, 7) is 4.29. The summed E-state index contributed by atoms with van der Waals surface area (Å²) in [6, 6.07) is 0. The van der Waals surface area contributed by atoms with Crippen molar-refractivity contribution in [2.24, 2.45) is 5.92 Å². The Morgan fingerprint density at radius 1 is 1.44 bits per heavy atom. The number of carbonyl (C=O) groups excluding carboxylic acids is 1. The highest BCUT2D eigenvalue weighted by atomic mass is 32.2. The third-order valence-electron chi connectivity index (χ3n) is 2.61. The van der Waals surface area contributed by atoms with Gasteiger partial charge in [-0.3, -0.25) is 4.79 Å². The molecule has 0 aliphatic heterocycles. The first-order valence-corrected chi connectivity index (χ1v) is 6.74. The van der Waals surface area contributed by atoms with E-state index in [1.807, 2.05) is 0 Å². The topological polar surface area (TPSA) is 66.4 Å². The van der Waals surface area contributed by atoms with Crippen molar-refractivity contribution in [3.63, 3.8) is 0 Å². The molecule has 1 saturated carbocycles. The number of nitrogens with one attached hydrogen (secondary N) is 1. The molecule has 0 spiro atoms. The summed E-state index contributed by atoms with van der Waals surface area (Å²) in [5.41, 5.74) is -0.935. The number of hydrogen-bond acceptors (Lipinski definition) is 3. The second kappa shape index (κ2) is 5.57. The molecule has 0 atom stereocenters. The fraction of sp³-hybridized carbons (Fsp3) is 0.818. The van der Waals surface area contributed by atoms with Gasteiger partial charge < -0.3 is 10.4 Å². The lowest BCUT2D eigenvalue weighted by atomic mass is 10.2. The normalized spacial score (nSPS) is 17.2. The van der Waals surface area contributed by atoms with Crippen molar-refractivity contribution in [3.05, 3.63) is 0 Å². The standard InChI is InChI=1S/C11H19NO3S/c1-8(2)3-6-16-7-9(13)12-11(4-5-11)10(14)15/h8H,3-7H2,1-2H3,(H,12,13)(H,14,15). The lowest BCUT2D eigenvalue weighted by Crippen LogP contribution is -2.43. The minimum Gasteiger partial charge on any atom is -0.480 e. The monoisotopic (exact) mass is 245 g/mol. The molecule has 1 fully saturated rings. The molecule has 1 amide bonds. The van der Waals surface area contributed by atoms with Crippen molar-refractivity contribution in [2.75, 3.05) is 11.5 Å². The fourth-order valence-corrected chi connectivity index (χ4v) is 2.34. The van der Waals surface area contributed by atoms with Gasteiger partial charge >= 0.3 is 5.97 Å². The number of carboxylic acids is 1. The van der Waals surface area contributed by atoms with E-state index in [1.54, 1.807) is 11.8 Å². The molecule has 2 N–H and O–H groups in total. The van der Waals surface area contributed by atoms with Gasteiger partial charge in [0.1, 0.15) is 5.54 Å². The molecule has 1 aliphatic carbocycles. The number of carboxylic acid groups (broad SMARTS) is 1. The van der Waals surface area contributed by atoms with Gasteiger partial charge in [0.15, 0.2) is 0 Å². The molecule has 0 radical (unpaired) electrons. The molecular formula is C11H19NO3S. The lowest BCUT2D eigenvalue weighted by Gasteiger charge is -2.12. The molecule has 0 unspecified atom stereocenters. The predicted octanol–water partition coefficient (Wildman–Crippen LogP) is 1.50. The van der Waals surface area contributed by atoms with Crippen LogP contribution in [0.15, 0.2) is 0 Å². The molecule has 4 nitrogen and oxygen atoms in total. The maximum atomic E-state index is 11.5. The summed E-state index contributed by atoms with van der Waals surface area (Å²) in [7, 11) is 0. The van der Waals surface area contributed by atoms with E-state index in [2.05, 4.69) is 19.2 Å². The summed E-state index contributed by atoms with van der Waals surface area (Å²) in [6.07, 6.45) is 2.21. The molecule has 1 rings (SSSR count). The minimum absolute atomic E-state index is 0.159. The molecule has 5 heteroatoms. The maximum Gasteiger partial charge on any atom is 0.329 e. The van der Waals surface area contributed by atoms with Crippen molar-refractivity contribution in [1.29, 1.82) is 0 Å². The van der Waals surface area contributed by atoms with Gasteiger partial charge in [0.2, 0.25) is 5.91 Å². The van der Waals surface area contributed by atoms with Crippen LogP contribution in [0, 0.1) is 5.92 Å². The first kappa shape index (κ1) is 13.4. The zero-order valence-electron chi connectivity index (χ0n) is 9.78. The van der Waals surface area contributed by atoms with Gasteiger partial charge in [-0.15, -0.1) is 0 Å². The largest absolute Gasteiger partial charge is 0.480 e. The highest BCUT2D eigenvalue weighted by Gasteiger charge is 2.51. The van der Waals surface area contributed by atoms with Crippen LogP contribution in [-0.2, 0) is 9.59 Å². The van der Waals surface area contributed by atoms with Gasteiger partial charge in [-0.25, -0.2) is 4.79 Å². The van der Waals surface area contributed by atoms with E-state index >= 15 is 0 Å². The Bertz CT molecular complexity index is 274. The number of rotatable bonds is 7. The van der Waals surface area contributed by atoms with Crippen molar-refractivity contribution < 1.29 is 14.7 Å². The Kier molecular flexibility index (Phi) is 4.65. The first-order chi connectivity index (χ1) is 7.46. The van der Waals surface area contributed by atoms with E-state index in [4.69, 9.17) is 5.11 Å². The van der Waals surface area contributed by atoms with Crippen LogP contribution in [0.3, 0.4) is 0 Å². The number of amides is 1. The summed E-state index contributed by atoms with van der Waals surface area (Å²) < 4.78 is 0. The average Bonchev–Trinajstić information content (AvgIpc) is 2.93. The number of aliphatic carboxylic acids is 1. The summed E-state index contributed by atoms with van der Waals surface area (Å²) in [4.78, 5) is 22.3. The summed E-state index contributed by atoms with van der Waals surface area (Å²) >= 11 is 1.56. The Hall–Kier alpha value is -0.710. The second-order valence-corrected chi connectivity index (χ2v) is 5.78. The van der Waals surface area contributed by atoms with E-state index < -0.39 is 11.5 Å². The summed E-state index contributed by atoms with van der Waals surface area (Å²) in [5.74, 6) is 0.887. The van der Waals surface area contributed by atoms with Gasteiger partial charge in [-0.05, 0) is 30.9 Å². The van der Waals surface area contributed by atoms with Crippen LogP contribution < -0.4 is 5.32 Å². The summed E-state index contributed by atoms with van der Waals surface area (Å²) in [5, 5.41) is 11.5. The van der Waals surface area contributed by atoms with Crippen LogP contribution in [0.2, 0.25) is 0 Å².